The summed E-state index contributed by atoms with van der Waals surface area (Å²) in [6, 6.07) is 9.39. The van der Waals surface area contributed by atoms with Crippen molar-refractivity contribution in [3.05, 3.63) is 53.6 Å². The van der Waals surface area contributed by atoms with E-state index in [0.29, 0.717) is 34.5 Å². The normalized spacial score (nSPS) is 10.6. The number of fused-ring (bicyclic) bond motifs is 1. The molecule has 10 heteroatoms. The van der Waals surface area contributed by atoms with Gasteiger partial charge in [0.15, 0.2) is 0 Å². The maximum absolute atomic E-state index is 13.4. The van der Waals surface area contributed by atoms with Crippen LogP contribution in [0.25, 0.3) is 10.9 Å². The number of halogens is 2. The van der Waals surface area contributed by atoms with Crippen LogP contribution in [0.4, 0.5) is 26.4 Å². The Bertz CT molecular complexity index is 1060. The second-order valence-electron chi connectivity index (χ2n) is 6.09. The molecule has 1 heterocycles. The number of hydrogen-bond acceptors (Lipinski definition) is 5. The van der Waals surface area contributed by atoms with Gasteiger partial charge in [0.05, 0.1) is 10.5 Å². The van der Waals surface area contributed by atoms with Gasteiger partial charge in [-0.1, -0.05) is 11.6 Å². The van der Waals surface area contributed by atoms with Crippen molar-refractivity contribution in [1.82, 2.24) is 15.3 Å². The Balaban J connectivity index is 1.74. The van der Waals surface area contributed by atoms with Crippen molar-refractivity contribution in [2.75, 3.05) is 17.2 Å². The van der Waals surface area contributed by atoms with Crippen molar-refractivity contribution in [2.45, 2.75) is 12.8 Å². The van der Waals surface area contributed by atoms with Crippen LogP contribution < -0.4 is 16.0 Å². The van der Waals surface area contributed by atoms with Crippen molar-refractivity contribution >= 4 is 51.7 Å². The van der Waals surface area contributed by atoms with Gasteiger partial charge < -0.3 is 21.1 Å². The molecule has 0 aliphatic carbocycles. The first-order chi connectivity index (χ1) is 13.9. The number of rotatable bonds is 7. The third-order valence-corrected chi connectivity index (χ3v) is 4.25. The van der Waals surface area contributed by atoms with Crippen molar-refractivity contribution in [1.29, 1.82) is 0 Å². The van der Waals surface area contributed by atoms with E-state index in [9.17, 15) is 14.0 Å². The highest BCUT2D eigenvalue weighted by Gasteiger charge is 2.09. The lowest BCUT2D eigenvalue weighted by molar-refractivity contribution is -0.116. The molecular formula is C19H17ClFN5O3. The first-order valence-corrected chi connectivity index (χ1v) is 9.03. The zero-order valence-electron chi connectivity index (χ0n) is 15.1. The molecule has 0 fully saturated rings. The minimum Gasteiger partial charge on any atom is -0.465 e. The van der Waals surface area contributed by atoms with Crippen LogP contribution in [0.2, 0.25) is 5.02 Å². The molecule has 29 heavy (non-hydrogen) atoms. The lowest BCUT2D eigenvalue weighted by Gasteiger charge is -2.11. The summed E-state index contributed by atoms with van der Waals surface area (Å²) in [5.41, 5.74) is 1.75. The fourth-order valence-electron chi connectivity index (χ4n) is 2.61. The Hall–Kier alpha value is -3.46. The van der Waals surface area contributed by atoms with Crippen LogP contribution >= 0.6 is 11.6 Å². The molecule has 4 N–H and O–H groups in total. The minimum absolute atomic E-state index is 0.0151. The number of aromatic nitrogens is 2. The number of carboxylic acid groups (broad SMARTS) is 1. The van der Waals surface area contributed by atoms with Gasteiger partial charge in [0.2, 0.25) is 5.91 Å². The maximum atomic E-state index is 13.4. The number of carbonyl (C=O) groups is 2. The van der Waals surface area contributed by atoms with Gasteiger partial charge in [-0.15, -0.1) is 0 Å². The van der Waals surface area contributed by atoms with Gasteiger partial charge in [-0.3, -0.25) is 4.79 Å². The third kappa shape index (κ3) is 5.52. The molecule has 0 spiro atoms. The molecule has 150 valence electrons. The molecule has 0 saturated heterocycles. The maximum Gasteiger partial charge on any atom is 0.404 e. The molecule has 0 saturated carbocycles. The molecule has 3 rings (SSSR count). The van der Waals surface area contributed by atoms with Gasteiger partial charge in [-0.05, 0) is 42.8 Å². The molecule has 8 nitrogen and oxygen atoms in total. The number of carbonyl (C=O) groups excluding carboxylic acids is 1. The second-order valence-corrected chi connectivity index (χ2v) is 6.50. The Morgan fingerprint density at radius 2 is 1.90 bits per heavy atom. The largest absolute Gasteiger partial charge is 0.465 e. The lowest BCUT2D eigenvalue weighted by atomic mass is 10.2. The van der Waals surface area contributed by atoms with Gasteiger partial charge in [-0.25, -0.2) is 19.2 Å². The molecular weight excluding hydrogens is 401 g/mol. The molecule has 0 bridgehead atoms. The van der Waals surface area contributed by atoms with E-state index < -0.39 is 11.9 Å². The van der Waals surface area contributed by atoms with E-state index in [1.807, 2.05) is 0 Å². The number of amides is 2. The predicted molar refractivity (Wildman–Crippen MR) is 108 cm³/mol. The van der Waals surface area contributed by atoms with Crippen molar-refractivity contribution in [3.8, 4) is 0 Å². The predicted octanol–water partition coefficient (Wildman–Crippen LogP) is 4.15. The highest BCUT2D eigenvalue weighted by atomic mass is 35.5. The van der Waals surface area contributed by atoms with E-state index in [2.05, 4.69) is 25.9 Å². The van der Waals surface area contributed by atoms with E-state index in [4.69, 9.17) is 16.7 Å². The van der Waals surface area contributed by atoms with Gasteiger partial charge in [0.25, 0.3) is 0 Å². The molecule has 0 aliphatic heterocycles. The van der Waals surface area contributed by atoms with E-state index >= 15 is 0 Å². The zero-order valence-corrected chi connectivity index (χ0v) is 15.8. The van der Waals surface area contributed by atoms with Crippen LogP contribution in [0, 0.1) is 5.82 Å². The summed E-state index contributed by atoms with van der Waals surface area (Å²) in [6.07, 6.45) is 0.821. The fourth-order valence-corrected chi connectivity index (χ4v) is 2.79. The molecule has 0 radical (unpaired) electrons. The average Bonchev–Trinajstić information content (AvgIpc) is 2.68. The van der Waals surface area contributed by atoms with E-state index in [0.717, 1.165) is 0 Å². The van der Waals surface area contributed by atoms with Gasteiger partial charge in [-0.2, -0.15) is 0 Å². The SMILES string of the molecule is O=C(O)NCCCC(=O)Nc1ccc2ncnc(Nc3ccc(F)c(Cl)c3)c2c1. The molecule has 0 unspecified atom stereocenters. The van der Waals surface area contributed by atoms with E-state index in [1.165, 1.54) is 24.5 Å². The smallest absolute Gasteiger partial charge is 0.404 e. The molecule has 3 aromatic rings. The minimum atomic E-state index is -1.12. The average molecular weight is 418 g/mol. The topological polar surface area (TPSA) is 116 Å². The van der Waals surface area contributed by atoms with Crippen LogP contribution in [0.1, 0.15) is 12.8 Å². The molecule has 0 atom stereocenters. The summed E-state index contributed by atoms with van der Waals surface area (Å²) >= 11 is 5.82. The number of anilines is 3. The lowest BCUT2D eigenvalue weighted by Crippen LogP contribution is -2.23. The number of nitrogens with zero attached hydrogens (tertiary/aromatic N) is 2. The van der Waals surface area contributed by atoms with Crippen molar-refractivity contribution in [2.24, 2.45) is 0 Å². The Labute approximate surface area is 170 Å². The first-order valence-electron chi connectivity index (χ1n) is 8.66. The summed E-state index contributed by atoms with van der Waals surface area (Å²) in [6.45, 7) is 0.197. The first kappa shape index (κ1) is 20.3. The molecule has 0 aliphatic rings. The van der Waals surface area contributed by atoms with Crippen LogP contribution in [0.3, 0.4) is 0 Å². The standard InChI is InChI=1S/C19H17ClFN5O3/c20-14-9-12(3-5-15(14)21)26-18-13-8-11(4-6-16(13)23-10-24-18)25-17(27)2-1-7-22-19(28)29/h3-6,8-10,22H,1-2,7H2,(H,25,27)(H,28,29)(H,23,24,26). The summed E-state index contributed by atoms with van der Waals surface area (Å²) < 4.78 is 13.4. The third-order valence-electron chi connectivity index (χ3n) is 3.96. The van der Waals surface area contributed by atoms with E-state index in [1.54, 1.807) is 18.2 Å². The molecule has 1 aromatic heterocycles. The van der Waals surface area contributed by atoms with Gasteiger partial charge in [0, 0.05) is 29.7 Å². The van der Waals surface area contributed by atoms with Crippen LogP contribution in [0.5, 0.6) is 0 Å². The number of nitrogens with one attached hydrogen (secondary N) is 3. The van der Waals surface area contributed by atoms with E-state index in [-0.39, 0.29) is 23.9 Å². The highest BCUT2D eigenvalue weighted by molar-refractivity contribution is 6.31. The van der Waals surface area contributed by atoms with Crippen LogP contribution in [0.15, 0.2) is 42.7 Å². The second kappa shape index (κ2) is 9.16. The Morgan fingerprint density at radius 1 is 1.10 bits per heavy atom. The van der Waals surface area contributed by atoms with Crippen LogP contribution in [-0.2, 0) is 4.79 Å². The number of hydrogen-bond donors (Lipinski definition) is 4. The Morgan fingerprint density at radius 3 is 2.66 bits per heavy atom. The quantitative estimate of drug-likeness (QED) is 0.429. The van der Waals surface area contributed by atoms with Crippen LogP contribution in [-0.4, -0.2) is 33.6 Å². The summed E-state index contributed by atoms with van der Waals surface area (Å²) in [5.74, 6) is -0.291. The highest BCUT2D eigenvalue weighted by Crippen LogP contribution is 2.27. The zero-order chi connectivity index (χ0) is 20.8. The van der Waals surface area contributed by atoms with Gasteiger partial charge in [0.1, 0.15) is 18.0 Å². The fraction of sp³-hybridized carbons (Fsp3) is 0.158. The molecule has 2 amide bonds. The molecule has 2 aromatic carbocycles. The van der Waals surface area contributed by atoms with Crippen molar-refractivity contribution in [3.63, 3.8) is 0 Å². The van der Waals surface area contributed by atoms with Crippen molar-refractivity contribution < 1.29 is 19.1 Å². The van der Waals surface area contributed by atoms with Gasteiger partial charge >= 0.3 is 6.09 Å². The Kier molecular flexibility index (Phi) is 6.40. The summed E-state index contributed by atoms with van der Waals surface area (Å²) in [5, 5.41) is 17.2. The number of benzene rings is 2. The summed E-state index contributed by atoms with van der Waals surface area (Å²) in [4.78, 5) is 30.9. The monoisotopic (exact) mass is 417 g/mol. The summed E-state index contributed by atoms with van der Waals surface area (Å²) in [7, 11) is 0.